The number of carbonyl (C=O) groups is 1. The number of nitrogens with zero attached hydrogens (tertiary/aromatic N) is 3. The Balaban J connectivity index is 1.76. The molecule has 47 heavy (non-hydrogen) atoms. The lowest BCUT2D eigenvalue weighted by atomic mass is 9.93. The van der Waals surface area contributed by atoms with Crippen LogP contribution in [0.2, 0.25) is 0 Å². The van der Waals surface area contributed by atoms with Crippen molar-refractivity contribution in [1.29, 1.82) is 0 Å². The van der Waals surface area contributed by atoms with Crippen LogP contribution < -0.4 is 4.74 Å². The maximum atomic E-state index is 15.1. The first-order valence-electron chi connectivity index (χ1n) is 13.4. The molecule has 0 saturated heterocycles. The van der Waals surface area contributed by atoms with E-state index in [9.17, 15) is 40.3 Å². The van der Waals surface area contributed by atoms with E-state index in [-0.39, 0.29) is 50.9 Å². The Labute approximate surface area is 263 Å². The molecule has 246 valence electrons. The first-order valence-corrected chi connectivity index (χ1v) is 15.3. The van der Waals surface area contributed by atoms with Gasteiger partial charge in [0.15, 0.2) is 27.8 Å². The number of aliphatic hydroxyl groups is 1. The van der Waals surface area contributed by atoms with Crippen molar-refractivity contribution in [1.82, 2.24) is 14.8 Å². The molecule has 0 saturated carbocycles. The van der Waals surface area contributed by atoms with Crippen LogP contribution in [-0.4, -0.2) is 47.2 Å². The highest BCUT2D eigenvalue weighted by Gasteiger charge is 2.35. The summed E-state index contributed by atoms with van der Waals surface area (Å²) in [5.41, 5.74) is -0.143. The highest BCUT2D eigenvalue weighted by Crippen LogP contribution is 2.42. The van der Waals surface area contributed by atoms with E-state index in [1.165, 1.54) is 50.4 Å². The van der Waals surface area contributed by atoms with E-state index >= 15 is 4.39 Å². The number of hydrogen-bond donors (Lipinski definition) is 1. The lowest BCUT2D eigenvalue weighted by Gasteiger charge is -2.14. The third kappa shape index (κ3) is 6.78. The minimum atomic E-state index is -4.93. The molecular formula is C31H23F6N3O6S. The summed E-state index contributed by atoms with van der Waals surface area (Å²) in [4.78, 5) is 15.0. The molecular weight excluding hydrogens is 656 g/mol. The highest BCUT2D eigenvalue weighted by atomic mass is 32.2. The van der Waals surface area contributed by atoms with Gasteiger partial charge in [-0.25, -0.2) is 17.8 Å². The van der Waals surface area contributed by atoms with Crippen molar-refractivity contribution in [2.24, 2.45) is 7.05 Å². The Kier molecular flexibility index (Phi) is 8.53. The Morgan fingerprint density at radius 3 is 2.21 bits per heavy atom. The number of halogens is 6. The van der Waals surface area contributed by atoms with Gasteiger partial charge in [0.2, 0.25) is 0 Å². The van der Waals surface area contributed by atoms with Crippen molar-refractivity contribution in [3.63, 3.8) is 0 Å². The Hall–Kier alpha value is -4.96. The number of aryl methyl sites for hydroxylation is 2. The molecule has 0 atom stereocenters. The summed E-state index contributed by atoms with van der Waals surface area (Å²) in [5.74, 6) is -5.29. The molecule has 5 aromatic rings. The number of carbonyl (C=O) groups excluding carboxylic acids is 1. The smallest absolute Gasteiger partial charge is 0.440 e. The maximum absolute atomic E-state index is 15.1. The zero-order valence-electron chi connectivity index (χ0n) is 24.6. The number of aromatic nitrogens is 3. The van der Waals surface area contributed by atoms with Crippen molar-refractivity contribution < 1.29 is 53.8 Å². The van der Waals surface area contributed by atoms with Gasteiger partial charge in [-0.1, -0.05) is 12.1 Å². The van der Waals surface area contributed by atoms with E-state index < -0.39 is 62.7 Å². The van der Waals surface area contributed by atoms with Crippen LogP contribution in [-0.2, 0) is 34.2 Å². The lowest BCUT2D eigenvalue weighted by molar-refractivity contribution is -0.274. The maximum Gasteiger partial charge on any atom is 0.573 e. The predicted octanol–water partition coefficient (Wildman–Crippen LogP) is 6.61. The Morgan fingerprint density at radius 1 is 0.957 bits per heavy atom. The third-order valence-electron chi connectivity index (χ3n) is 7.05. The normalized spacial score (nSPS) is 12.4. The molecule has 0 bridgehead atoms. The number of rotatable bonds is 9. The Bertz CT molecular complexity index is 2110. The van der Waals surface area contributed by atoms with Crippen molar-refractivity contribution in [3.8, 4) is 50.7 Å². The number of benzene rings is 3. The summed E-state index contributed by atoms with van der Waals surface area (Å²) < 4.78 is 118. The second kappa shape index (κ2) is 12.0. The number of hydrogen-bond acceptors (Lipinski definition) is 8. The molecule has 16 heteroatoms. The van der Waals surface area contributed by atoms with E-state index in [1.807, 2.05) is 0 Å². The quantitative estimate of drug-likeness (QED) is 0.136. The highest BCUT2D eigenvalue weighted by molar-refractivity contribution is 7.90. The van der Waals surface area contributed by atoms with Gasteiger partial charge in [0.25, 0.3) is 0 Å². The average Bonchev–Trinajstić information content (AvgIpc) is 3.58. The van der Waals surface area contributed by atoms with E-state index in [2.05, 4.69) is 14.8 Å². The van der Waals surface area contributed by atoms with Crippen LogP contribution in [0.4, 0.5) is 26.3 Å². The van der Waals surface area contributed by atoms with Gasteiger partial charge in [-0.3, -0.25) is 9.48 Å². The van der Waals surface area contributed by atoms with Crippen molar-refractivity contribution >= 4 is 16.1 Å². The Morgan fingerprint density at radius 2 is 1.62 bits per heavy atom. The third-order valence-corrected chi connectivity index (χ3v) is 8.21. The second-order valence-electron chi connectivity index (χ2n) is 10.4. The number of sulfone groups is 1. The molecule has 3 aromatic carbocycles. The molecule has 2 aromatic heterocycles. The summed E-state index contributed by atoms with van der Waals surface area (Å²) in [5, 5.41) is 13.4. The van der Waals surface area contributed by atoms with Crippen LogP contribution in [0.5, 0.6) is 5.75 Å². The van der Waals surface area contributed by atoms with Crippen LogP contribution in [0.25, 0.3) is 45.0 Å². The largest absolute Gasteiger partial charge is 0.573 e. The van der Waals surface area contributed by atoms with Gasteiger partial charge < -0.3 is 14.3 Å². The van der Waals surface area contributed by atoms with Gasteiger partial charge in [-0.05, 0) is 59.7 Å². The first-order chi connectivity index (χ1) is 21.9. The van der Waals surface area contributed by atoms with Crippen LogP contribution in [0.15, 0.2) is 70.0 Å². The van der Waals surface area contributed by atoms with Crippen LogP contribution >= 0.6 is 0 Å². The van der Waals surface area contributed by atoms with Gasteiger partial charge in [-0.2, -0.15) is 13.9 Å². The first kappa shape index (κ1) is 33.4. The minimum Gasteiger partial charge on any atom is -0.440 e. The standard InChI is InChI=1S/C31H23F6N3O6S/c1-16-38-28(17-4-7-20(8-5-17)46-31(35,36)37)29(45-16)22-10-18(19-11-24(32)23(14-41)26(12-19)47(3,43)44)6-9-21(22)25-13-27(39-40(25)2)30(33,34)15-42/h4-13,15,41H,14H2,1-3H3. The number of ether oxygens (including phenoxy) is 1. The molecule has 2 heterocycles. The summed E-state index contributed by atoms with van der Waals surface area (Å²) in [7, 11) is -2.65. The topological polar surface area (TPSA) is 125 Å². The van der Waals surface area contributed by atoms with Gasteiger partial charge in [0, 0.05) is 42.5 Å². The monoisotopic (exact) mass is 679 g/mol. The molecule has 0 spiro atoms. The zero-order valence-corrected chi connectivity index (χ0v) is 25.4. The van der Waals surface area contributed by atoms with Gasteiger partial charge >= 0.3 is 12.3 Å². The predicted molar refractivity (Wildman–Crippen MR) is 155 cm³/mol. The SMILES string of the molecule is Cc1nc(-c2ccc(OC(F)(F)F)cc2)c(-c2cc(-c3cc(F)c(CO)c(S(C)(=O)=O)c3)ccc2-c2cc(C(F)(F)C=O)nn2C)o1. The summed E-state index contributed by atoms with van der Waals surface area (Å²) in [6.07, 6.45) is -4.64. The van der Waals surface area contributed by atoms with Crippen molar-refractivity contribution in [2.75, 3.05) is 6.26 Å². The van der Waals surface area contributed by atoms with Gasteiger partial charge in [-0.15, -0.1) is 13.2 Å². The zero-order chi connectivity index (χ0) is 34.5. The lowest BCUT2D eigenvalue weighted by Crippen LogP contribution is -2.16. The van der Waals surface area contributed by atoms with Crippen LogP contribution in [0, 0.1) is 12.7 Å². The van der Waals surface area contributed by atoms with Crippen molar-refractivity contribution in [3.05, 3.63) is 83.6 Å². The molecule has 5 rings (SSSR count). The summed E-state index contributed by atoms with van der Waals surface area (Å²) >= 11 is 0. The number of oxazole rings is 1. The molecule has 9 nitrogen and oxygen atoms in total. The number of alkyl halides is 5. The molecule has 0 aliphatic carbocycles. The molecule has 0 fully saturated rings. The molecule has 0 radical (unpaired) electrons. The molecule has 0 aliphatic rings. The molecule has 0 unspecified atom stereocenters. The van der Waals surface area contributed by atoms with E-state index in [0.29, 0.717) is 0 Å². The fourth-order valence-corrected chi connectivity index (χ4v) is 5.91. The molecule has 0 amide bonds. The van der Waals surface area contributed by atoms with Crippen LogP contribution in [0.1, 0.15) is 17.1 Å². The average molecular weight is 680 g/mol. The molecule has 1 N–H and O–H groups in total. The van der Waals surface area contributed by atoms with E-state index in [1.54, 1.807) is 0 Å². The van der Waals surface area contributed by atoms with Gasteiger partial charge in [0.05, 0.1) is 17.2 Å². The van der Waals surface area contributed by atoms with Crippen LogP contribution in [0.3, 0.4) is 0 Å². The van der Waals surface area contributed by atoms with Crippen molar-refractivity contribution in [2.45, 2.75) is 30.7 Å². The summed E-state index contributed by atoms with van der Waals surface area (Å²) in [6, 6.07) is 12.2. The second-order valence-corrected chi connectivity index (χ2v) is 12.4. The van der Waals surface area contributed by atoms with Gasteiger partial charge in [0.1, 0.15) is 23.0 Å². The fraction of sp³-hybridized carbons (Fsp3) is 0.194. The number of aldehydes is 1. The molecule has 0 aliphatic heterocycles. The summed E-state index contributed by atoms with van der Waals surface area (Å²) in [6.45, 7) is 0.603. The van der Waals surface area contributed by atoms with E-state index in [4.69, 9.17) is 4.42 Å². The van der Waals surface area contributed by atoms with E-state index in [0.717, 1.165) is 35.2 Å². The fourth-order valence-electron chi connectivity index (χ4n) is 4.96. The minimum absolute atomic E-state index is 0.0181. The number of aliphatic hydroxyl groups excluding tert-OH is 1.